The number of carboxylic acids is 1. The van der Waals surface area contributed by atoms with Gasteiger partial charge in [0.1, 0.15) is 0 Å². The standard InChI is InChI=1S/C15H21NO3S/c1-10(2)6-7-20-9-14(17)16-12-5-4-11(3)13(8-12)15(18)19/h4-5,8,10H,6-7,9H2,1-3H3,(H,16,17)(H,18,19). The van der Waals surface area contributed by atoms with Crippen LogP contribution in [0.3, 0.4) is 0 Å². The summed E-state index contributed by atoms with van der Waals surface area (Å²) < 4.78 is 0. The van der Waals surface area contributed by atoms with Gasteiger partial charge in [-0.3, -0.25) is 4.79 Å². The highest BCUT2D eigenvalue weighted by Gasteiger charge is 2.09. The van der Waals surface area contributed by atoms with Crippen molar-refractivity contribution in [1.29, 1.82) is 0 Å². The summed E-state index contributed by atoms with van der Waals surface area (Å²) in [5.41, 5.74) is 1.43. The van der Waals surface area contributed by atoms with E-state index < -0.39 is 5.97 Å². The van der Waals surface area contributed by atoms with Gasteiger partial charge in [-0.05, 0) is 42.7 Å². The van der Waals surface area contributed by atoms with Crippen LogP contribution in [0.2, 0.25) is 0 Å². The van der Waals surface area contributed by atoms with Gasteiger partial charge in [-0.1, -0.05) is 19.9 Å². The van der Waals surface area contributed by atoms with Crippen molar-refractivity contribution in [2.75, 3.05) is 16.8 Å². The molecule has 5 heteroatoms. The molecule has 0 aliphatic carbocycles. The summed E-state index contributed by atoms with van der Waals surface area (Å²) >= 11 is 1.59. The van der Waals surface area contributed by atoms with Crippen molar-refractivity contribution >= 4 is 29.3 Å². The number of thioether (sulfide) groups is 1. The molecule has 0 aliphatic rings. The summed E-state index contributed by atoms with van der Waals surface area (Å²) in [6.45, 7) is 6.04. The Morgan fingerprint density at radius 3 is 2.65 bits per heavy atom. The third kappa shape index (κ3) is 5.65. The van der Waals surface area contributed by atoms with Gasteiger partial charge in [-0.15, -0.1) is 0 Å². The van der Waals surface area contributed by atoms with E-state index in [1.54, 1.807) is 30.8 Å². The van der Waals surface area contributed by atoms with Crippen molar-refractivity contribution in [3.8, 4) is 0 Å². The fourth-order valence-corrected chi connectivity index (χ4v) is 2.65. The molecule has 0 aliphatic heterocycles. The van der Waals surface area contributed by atoms with Gasteiger partial charge in [0.05, 0.1) is 11.3 Å². The van der Waals surface area contributed by atoms with Crippen LogP contribution < -0.4 is 5.32 Å². The number of hydrogen-bond donors (Lipinski definition) is 2. The molecule has 0 atom stereocenters. The van der Waals surface area contributed by atoms with Gasteiger partial charge in [0.2, 0.25) is 5.91 Å². The molecule has 0 fully saturated rings. The molecular formula is C15H21NO3S. The average Bonchev–Trinajstić information content (AvgIpc) is 2.36. The minimum Gasteiger partial charge on any atom is -0.478 e. The smallest absolute Gasteiger partial charge is 0.336 e. The lowest BCUT2D eigenvalue weighted by Gasteiger charge is -2.08. The maximum absolute atomic E-state index is 11.7. The Hall–Kier alpha value is -1.49. The topological polar surface area (TPSA) is 66.4 Å². The van der Waals surface area contributed by atoms with E-state index >= 15 is 0 Å². The second kappa shape index (κ2) is 7.94. The third-order valence-electron chi connectivity index (χ3n) is 2.82. The molecule has 0 bridgehead atoms. The van der Waals surface area contributed by atoms with Crippen LogP contribution in [-0.4, -0.2) is 28.5 Å². The largest absolute Gasteiger partial charge is 0.478 e. The highest BCUT2D eigenvalue weighted by Crippen LogP contribution is 2.16. The van der Waals surface area contributed by atoms with Crippen molar-refractivity contribution < 1.29 is 14.7 Å². The second-order valence-corrected chi connectivity index (χ2v) is 6.22. The number of carbonyl (C=O) groups is 2. The van der Waals surface area contributed by atoms with Gasteiger partial charge in [0.15, 0.2) is 0 Å². The zero-order valence-corrected chi connectivity index (χ0v) is 12.9. The Morgan fingerprint density at radius 2 is 2.05 bits per heavy atom. The Bertz CT molecular complexity index is 486. The number of rotatable bonds is 7. The number of benzene rings is 1. The lowest BCUT2D eigenvalue weighted by molar-refractivity contribution is -0.113. The van der Waals surface area contributed by atoms with Crippen LogP contribution in [0.4, 0.5) is 5.69 Å². The molecule has 0 heterocycles. The van der Waals surface area contributed by atoms with Crippen molar-refractivity contribution in [3.05, 3.63) is 29.3 Å². The lowest BCUT2D eigenvalue weighted by atomic mass is 10.1. The molecule has 0 radical (unpaired) electrons. The van der Waals surface area contributed by atoms with Crippen LogP contribution in [0.1, 0.15) is 36.2 Å². The molecule has 2 N–H and O–H groups in total. The van der Waals surface area contributed by atoms with E-state index in [-0.39, 0.29) is 11.5 Å². The Labute approximate surface area is 124 Å². The molecule has 0 spiro atoms. The van der Waals surface area contributed by atoms with E-state index in [0.717, 1.165) is 12.2 Å². The van der Waals surface area contributed by atoms with Crippen molar-refractivity contribution in [1.82, 2.24) is 0 Å². The quantitative estimate of drug-likeness (QED) is 0.756. The summed E-state index contributed by atoms with van der Waals surface area (Å²) in [5, 5.41) is 11.8. The number of carboxylic acid groups (broad SMARTS) is 1. The zero-order valence-electron chi connectivity index (χ0n) is 12.1. The maximum Gasteiger partial charge on any atom is 0.336 e. The first-order chi connectivity index (χ1) is 9.40. The minimum absolute atomic E-state index is 0.0982. The molecule has 1 rings (SSSR count). The molecular weight excluding hydrogens is 274 g/mol. The fourth-order valence-electron chi connectivity index (χ4n) is 1.61. The van der Waals surface area contributed by atoms with Gasteiger partial charge < -0.3 is 10.4 Å². The van der Waals surface area contributed by atoms with E-state index in [2.05, 4.69) is 19.2 Å². The molecule has 20 heavy (non-hydrogen) atoms. The SMILES string of the molecule is Cc1ccc(NC(=O)CSCCC(C)C)cc1C(=O)O. The van der Waals surface area contributed by atoms with Crippen molar-refractivity contribution in [2.24, 2.45) is 5.92 Å². The minimum atomic E-state index is -0.982. The normalized spacial score (nSPS) is 10.6. The maximum atomic E-state index is 11.7. The van der Waals surface area contributed by atoms with Gasteiger partial charge >= 0.3 is 5.97 Å². The number of carbonyl (C=O) groups excluding carboxylic acids is 1. The fraction of sp³-hybridized carbons (Fsp3) is 0.467. The van der Waals surface area contributed by atoms with Crippen LogP contribution in [0, 0.1) is 12.8 Å². The first-order valence-electron chi connectivity index (χ1n) is 6.61. The van der Waals surface area contributed by atoms with Crippen LogP contribution >= 0.6 is 11.8 Å². The number of aromatic carboxylic acids is 1. The van der Waals surface area contributed by atoms with E-state index in [1.807, 2.05) is 0 Å². The first kappa shape index (κ1) is 16.6. The van der Waals surface area contributed by atoms with Crippen LogP contribution in [0.5, 0.6) is 0 Å². The highest BCUT2D eigenvalue weighted by atomic mass is 32.2. The number of amides is 1. The van der Waals surface area contributed by atoms with Crippen LogP contribution in [0.25, 0.3) is 0 Å². The van der Waals surface area contributed by atoms with Crippen LogP contribution in [-0.2, 0) is 4.79 Å². The molecule has 1 aromatic carbocycles. The number of anilines is 1. The Balaban J connectivity index is 2.50. The molecule has 0 saturated heterocycles. The molecule has 110 valence electrons. The predicted molar refractivity (Wildman–Crippen MR) is 83.5 cm³/mol. The van der Waals surface area contributed by atoms with Crippen molar-refractivity contribution in [3.63, 3.8) is 0 Å². The molecule has 1 aromatic rings. The van der Waals surface area contributed by atoms with E-state index in [0.29, 0.717) is 22.9 Å². The molecule has 1 amide bonds. The van der Waals surface area contributed by atoms with Crippen molar-refractivity contribution in [2.45, 2.75) is 27.2 Å². The van der Waals surface area contributed by atoms with Gasteiger partial charge in [0, 0.05) is 5.69 Å². The summed E-state index contributed by atoms with van der Waals surface area (Å²) in [7, 11) is 0. The lowest BCUT2D eigenvalue weighted by Crippen LogP contribution is -2.15. The average molecular weight is 295 g/mol. The second-order valence-electron chi connectivity index (χ2n) is 5.12. The van der Waals surface area contributed by atoms with Gasteiger partial charge in [0.25, 0.3) is 0 Å². The van der Waals surface area contributed by atoms with Gasteiger partial charge in [-0.25, -0.2) is 4.79 Å². The number of hydrogen-bond acceptors (Lipinski definition) is 3. The summed E-state index contributed by atoms with van der Waals surface area (Å²) in [5.74, 6) is 0.909. The first-order valence-corrected chi connectivity index (χ1v) is 7.77. The van der Waals surface area contributed by atoms with Crippen LogP contribution in [0.15, 0.2) is 18.2 Å². The third-order valence-corrected chi connectivity index (χ3v) is 3.82. The molecule has 0 unspecified atom stereocenters. The van der Waals surface area contributed by atoms with E-state index in [4.69, 9.17) is 5.11 Å². The molecule has 4 nitrogen and oxygen atoms in total. The summed E-state index contributed by atoms with van der Waals surface area (Å²) in [6.07, 6.45) is 1.09. The molecule has 0 aromatic heterocycles. The highest BCUT2D eigenvalue weighted by molar-refractivity contribution is 7.99. The zero-order chi connectivity index (χ0) is 15.1. The van der Waals surface area contributed by atoms with E-state index in [1.165, 1.54) is 6.07 Å². The Morgan fingerprint density at radius 1 is 1.35 bits per heavy atom. The van der Waals surface area contributed by atoms with Gasteiger partial charge in [-0.2, -0.15) is 11.8 Å². The van der Waals surface area contributed by atoms with E-state index in [9.17, 15) is 9.59 Å². The number of nitrogens with one attached hydrogen (secondary N) is 1. The number of aryl methyl sites for hydroxylation is 1. The summed E-state index contributed by atoms with van der Waals surface area (Å²) in [4.78, 5) is 22.8. The summed E-state index contributed by atoms with van der Waals surface area (Å²) in [6, 6.07) is 4.91. The Kier molecular flexibility index (Phi) is 6.58. The predicted octanol–water partition coefficient (Wildman–Crippen LogP) is 3.41. The molecule has 0 saturated carbocycles. The monoisotopic (exact) mass is 295 g/mol.